The highest BCUT2D eigenvalue weighted by molar-refractivity contribution is 6.30. The van der Waals surface area contributed by atoms with Crippen LogP contribution in [0.3, 0.4) is 0 Å². The summed E-state index contributed by atoms with van der Waals surface area (Å²) in [5, 5.41) is 0.645. The normalized spacial score (nSPS) is 10.2. The number of benzene rings is 2. The number of esters is 2. The van der Waals surface area contributed by atoms with Crippen LogP contribution in [-0.4, -0.2) is 18.5 Å². The van der Waals surface area contributed by atoms with Crippen molar-refractivity contribution in [2.24, 2.45) is 0 Å². The van der Waals surface area contributed by atoms with Gasteiger partial charge in [0.05, 0.1) is 17.7 Å². The molecule has 0 atom stereocenters. The first-order chi connectivity index (χ1) is 11.0. The van der Waals surface area contributed by atoms with Gasteiger partial charge in [0, 0.05) is 5.02 Å². The van der Waals surface area contributed by atoms with Gasteiger partial charge in [-0.15, -0.1) is 0 Å². The van der Waals surface area contributed by atoms with Crippen molar-refractivity contribution in [1.82, 2.24) is 0 Å². The van der Waals surface area contributed by atoms with E-state index in [1.165, 1.54) is 0 Å². The number of hydrogen-bond acceptors (Lipinski definition) is 4. The summed E-state index contributed by atoms with van der Waals surface area (Å²) in [4.78, 5) is 23.6. The molecule has 0 saturated carbocycles. The Hall–Kier alpha value is -2.33. The minimum absolute atomic E-state index is 0.168. The zero-order valence-electron chi connectivity index (χ0n) is 13.0. The molecule has 0 heterocycles. The average molecular weight is 333 g/mol. The molecular formula is C18H17ClO4. The molecule has 120 valence electrons. The van der Waals surface area contributed by atoms with E-state index < -0.39 is 11.9 Å². The molecule has 2 aromatic rings. The third kappa shape index (κ3) is 4.57. The van der Waals surface area contributed by atoms with Crippen LogP contribution in [0.4, 0.5) is 0 Å². The predicted octanol–water partition coefficient (Wildman–Crippen LogP) is 4.18. The maximum atomic E-state index is 12.0. The SMILES string of the molecule is CCOC(=O)c1ccc(C(=O)OCc2ccc(Cl)cc2C)cc1. The second kappa shape index (κ2) is 7.79. The van der Waals surface area contributed by atoms with E-state index in [2.05, 4.69) is 0 Å². The lowest BCUT2D eigenvalue weighted by Crippen LogP contribution is -2.08. The smallest absolute Gasteiger partial charge is 0.338 e. The van der Waals surface area contributed by atoms with Crippen molar-refractivity contribution in [2.75, 3.05) is 6.61 Å². The van der Waals surface area contributed by atoms with E-state index in [0.29, 0.717) is 22.8 Å². The molecule has 2 aromatic carbocycles. The summed E-state index contributed by atoms with van der Waals surface area (Å²) in [6, 6.07) is 11.6. The number of ether oxygens (including phenoxy) is 2. The summed E-state index contributed by atoms with van der Waals surface area (Å²) in [6.45, 7) is 4.12. The molecule has 0 saturated heterocycles. The van der Waals surface area contributed by atoms with Crippen LogP contribution in [-0.2, 0) is 16.1 Å². The van der Waals surface area contributed by atoms with E-state index in [-0.39, 0.29) is 6.61 Å². The fourth-order valence-corrected chi connectivity index (χ4v) is 2.23. The molecule has 0 aliphatic rings. The molecule has 5 heteroatoms. The molecule has 0 spiro atoms. The quantitative estimate of drug-likeness (QED) is 0.771. The fraction of sp³-hybridized carbons (Fsp3) is 0.222. The fourth-order valence-electron chi connectivity index (χ4n) is 2.00. The Morgan fingerprint density at radius 1 is 0.957 bits per heavy atom. The van der Waals surface area contributed by atoms with Gasteiger partial charge in [-0.05, 0) is 61.4 Å². The average Bonchev–Trinajstić information content (AvgIpc) is 2.54. The number of carbonyl (C=O) groups excluding carboxylic acids is 2. The zero-order chi connectivity index (χ0) is 16.8. The largest absolute Gasteiger partial charge is 0.462 e. The summed E-state index contributed by atoms with van der Waals surface area (Å²) in [6.07, 6.45) is 0. The van der Waals surface area contributed by atoms with Crippen LogP contribution in [0.25, 0.3) is 0 Å². The highest BCUT2D eigenvalue weighted by atomic mass is 35.5. The second-order valence-electron chi connectivity index (χ2n) is 4.94. The zero-order valence-corrected chi connectivity index (χ0v) is 13.7. The third-order valence-electron chi connectivity index (χ3n) is 3.30. The van der Waals surface area contributed by atoms with Gasteiger partial charge in [0.15, 0.2) is 0 Å². The van der Waals surface area contributed by atoms with E-state index in [1.807, 2.05) is 19.1 Å². The summed E-state index contributed by atoms with van der Waals surface area (Å²) in [7, 11) is 0. The van der Waals surface area contributed by atoms with Crippen LogP contribution < -0.4 is 0 Å². The van der Waals surface area contributed by atoms with Crippen molar-refractivity contribution >= 4 is 23.5 Å². The van der Waals surface area contributed by atoms with Crippen LogP contribution in [0.15, 0.2) is 42.5 Å². The highest BCUT2D eigenvalue weighted by Crippen LogP contribution is 2.17. The molecule has 0 aromatic heterocycles. The number of hydrogen-bond donors (Lipinski definition) is 0. The van der Waals surface area contributed by atoms with Gasteiger partial charge in [0.25, 0.3) is 0 Å². The Morgan fingerprint density at radius 2 is 1.52 bits per heavy atom. The molecule has 2 rings (SSSR count). The first kappa shape index (κ1) is 17.0. The van der Waals surface area contributed by atoms with Gasteiger partial charge in [-0.25, -0.2) is 9.59 Å². The van der Waals surface area contributed by atoms with Crippen molar-refractivity contribution in [3.8, 4) is 0 Å². The monoisotopic (exact) mass is 332 g/mol. The molecule has 23 heavy (non-hydrogen) atoms. The minimum Gasteiger partial charge on any atom is -0.462 e. The van der Waals surface area contributed by atoms with Gasteiger partial charge < -0.3 is 9.47 Å². The summed E-state index contributed by atoms with van der Waals surface area (Å²) < 4.78 is 10.2. The Balaban J connectivity index is 1.99. The van der Waals surface area contributed by atoms with Crippen molar-refractivity contribution < 1.29 is 19.1 Å². The van der Waals surface area contributed by atoms with Crippen LogP contribution in [0.1, 0.15) is 38.8 Å². The maximum Gasteiger partial charge on any atom is 0.338 e. The van der Waals surface area contributed by atoms with Crippen LogP contribution >= 0.6 is 11.6 Å². The van der Waals surface area contributed by atoms with Crippen LogP contribution in [0.5, 0.6) is 0 Å². The van der Waals surface area contributed by atoms with Crippen molar-refractivity contribution in [1.29, 1.82) is 0 Å². The van der Waals surface area contributed by atoms with Crippen molar-refractivity contribution in [3.05, 3.63) is 69.7 Å². The lowest BCUT2D eigenvalue weighted by molar-refractivity contribution is 0.0468. The van der Waals surface area contributed by atoms with Gasteiger partial charge in [0.1, 0.15) is 6.61 Å². The highest BCUT2D eigenvalue weighted by Gasteiger charge is 2.11. The Bertz CT molecular complexity index is 707. The van der Waals surface area contributed by atoms with Gasteiger partial charge in [-0.1, -0.05) is 17.7 Å². The minimum atomic E-state index is -0.449. The Labute approximate surface area is 140 Å². The van der Waals surface area contributed by atoms with Gasteiger partial charge >= 0.3 is 11.9 Å². The van der Waals surface area contributed by atoms with E-state index in [9.17, 15) is 9.59 Å². The molecule has 0 bridgehead atoms. The molecule has 4 nitrogen and oxygen atoms in total. The maximum absolute atomic E-state index is 12.0. The van der Waals surface area contributed by atoms with Crippen molar-refractivity contribution in [3.63, 3.8) is 0 Å². The standard InChI is InChI=1S/C18H17ClO4/c1-3-22-17(20)13-4-6-14(7-5-13)18(21)23-11-15-8-9-16(19)10-12(15)2/h4-10H,3,11H2,1-2H3. The van der Waals surface area contributed by atoms with Gasteiger partial charge in [0.2, 0.25) is 0 Å². The van der Waals surface area contributed by atoms with E-state index >= 15 is 0 Å². The van der Waals surface area contributed by atoms with Crippen LogP contribution in [0.2, 0.25) is 5.02 Å². The molecule has 0 aliphatic carbocycles. The Kier molecular flexibility index (Phi) is 5.77. The lowest BCUT2D eigenvalue weighted by atomic mass is 10.1. The summed E-state index contributed by atoms with van der Waals surface area (Å²) >= 11 is 5.89. The lowest BCUT2D eigenvalue weighted by Gasteiger charge is -2.08. The van der Waals surface area contributed by atoms with E-state index in [4.69, 9.17) is 21.1 Å². The third-order valence-corrected chi connectivity index (χ3v) is 3.53. The Morgan fingerprint density at radius 3 is 2.04 bits per heavy atom. The first-order valence-electron chi connectivity index (χ1n) is 7.20. The molecule has 0 N–H and O–H groups in total. The molecule has 0 fully saturated rings. The van der Waals surface area contributed by atoms with Crippen molar-refractivity contribution in [2.45, 2.75) is 20.5 Å². The molecule has 0 radical (unpaired) electrons. The number of aryl methyl sites for hydroxylation is 1. The number of carbonyl (C=O) groups is 2. The van der Waals surface area contributed by atoms with Gasteiger partial charge in [-0.3, -0.25) is 0 Å². The molecule has 0 amide bonds. The molecule has 0 aliphatic heterocycles. The number of rotatable bonds is 5. The van der Waals surface area contributed by atoms with E-state index in [1.54, 1.807) is 37.3 Å². The van der Waals surface area contributed by atoms with Crippen LogP contribution in [0, 0.1) is 6.92 Å². The van der Waals surface area contributed by atoms with E-state index in [0.717, 1.165) is 11.1 Å². The molecular weight excluding hydrogens is 316 g/mol. The summed E-state index contributed by atoms with van der Waals surface area (Å²) in [5.74, 6) is -0.862. The van der Waals surface area contributed by atoms with Gasteiger partial charge in [-0.2, -0.15) is 0 Å². The second-order valence-corrected chi connectivity index (χ2v) is 5.38. The topological polar surface area (TPSA) is 52.6 Å². The number of halogens is 1. The molecule has 0 unspecified atom stereocenters. The first-order valence-corrected chi connectivity index (χ1v) is 7.58. The summed E-state index contributed by atoms with van der Waals surface area (Å²) in [5.41, 5.74) is 2.63. The predicted molar refractivity (Wildman–Crippen MR) is 87.7 cm³/mol.